The number of halogens is 1. The van der Waals surface area contributed by atoms with Crippen LogP contribution in [-0.4, -0.2) is 18.2 Å². The minimum absolute atomic E-state index is 0.130. The van der Waals surface area contributed by atoms with Crippen molar-refractivity contribution >= 4 is 15.9 Å². The number of nitrogens with one attached hydrogen (secondary N) is 1. The number of piperidine rings is 1. The monoisotopic (exact) mass is 269 g/mol. The quantitative estimate of drug-likeness (QED) is 0.865. The zero-order chi connectivity index (χ0) is 10.7. The van der Waals surface area contributed by atoms with E-state index in [1.165, 1.54) is 18.4 Å². The summed E-state index contributed by atoms with van der Waals surface area (Å²) in [6.45, 7) is 2.29. The lowest BCUT2D eigenvalue weighted by molar-refractivity contribution is 0.279. The summed E-state index contributed by atoms with van der Waals surface area (Å²) in [7, 11) is 0. The number of hydrogen-bond donors (Lipinski definition) is 2. The molecule has 0 saturated carbocycles. The minimum atomic E-state index is 0.130. The first-order valence-corrected chi connectivity index (χ1v) is 6.20. The molecule has 0 aliphatic carbocycles. The van der Waals surface area contributed by atoms with E-state index in [0.717, 1.165) is 23.1 Å². The van der Waals surface area contributed by atoms with E-state index in [4.69, 9.17) is 0 Å². The number of aliphatic hydroxyl groups is 1. The van der Waals surface area contributed by atoms with Crippen LogP contribution < -0.4 is 5.32 Å². The van der Waals surface area contributed by atoms with E-state index in [-0.39, 0.29) is 6.61 Å². The summed E-state index contributed by atoms with van der Waals surface area (Å²) in [4.78, 5) is 0. The fourth-order valence-corrected chi connectivity index (χ4v) is 2.64. The Morgan fingerprint density at radius 2 is 2.33 bits per heavy atom. The Morgan fingerprint density at radius 1 is 1.47 bits per heavy atom. The van der Waals surface area contributed by atoms with Gasteiger partial charge in [0, 0.05) is 11.0 Å². The van der Waals surface area contributed by atoms with Crippen LogP contribution >= 0.6 is 15.9 Å². The molecule has 1 aromatic carbocycles. The van der Waals surface area contributed by atoms with Crippen molar-refractivity contribution in [1.82, 2.24) is 5.32 Å². The van der Waals surface area contributed by atoms with Gasteiger partial charge in [-0.1, -0.05) is 22.0 Å². The molecule has 2 nitrogen and oxygen atoms in total. The SMILES string of the molecule is OCc1cc(Br)ccc1C1CCCNC1. The molecule has 1 fully saturated rings. The van der Waals surface area contributed by atoms with Crippen molar-refractivity contribution in [3.63, 3.8) is 0 Å². The van der Waals surface area contributed by atoms with Gasteiger partial charge in [0.15, 0.2) is 0 Å². The number of hydrogen-bond acceptors (Lipinski definition) is 2. The first-order valence-electron chi connectivity index (χ1n) is 5.41. The van der Waals surface area contributed by atoms with Gasteiger partial charge in [-0.2, -0.15) is 0 Å². The molecule has 3 heteroatoms. The standard InChI is InChI=1S/C12H16BrNO/c13-11-3-4-12(10(6-11)8-15)9-2-1-5-14-7-9/h3-4,6,9,14-15H,1-2,5,7-8H2. The maximum atomic E-state index is 9.33. The van der Waals surface area contributed by atoms with Crippen molar-refractivity contribution < 1.29 is 5.11 Å². The molecule has 1 saturated heterocycles. The summed E-state index contributed by atoms with van der Waals surface area (Å²) in [6.07, 6.45) is 2.45. The molecule has 1 unspecified atom stereocenters. The van der Waals surface area contributed by atoms with Crippen molar-refractivity contribution in [2.45, 2.75) is 25.4 Å². The van der Waals surface area contributed by atoms with Gasteiger partial charge in [0.2, 0.25) is 0 Å². The van der Waals surface area contributed by atoms with Gasteiger partial charge >= 0.3 is 0 Å². The molecule has 0 radical (unpaired) electrons. The van der Waals surface area contributed by atoms with Crippen LogP contribution in [0.25, 0.3) is 0 Å². The maximum Gasteiger partial charge on any atom is 0.0685 e. The summed E-state index contributed by atoms with van der Waals surface area (Å²) in [5.74, 6) is 0.564. The predicted octanol–water partition coefficient (Wildman–Crippen LogP) is 2.41. The molecule has 15 heavy (non-hydrogen) atoms. The van der Waals surface area contributed by atoms with E-state index in [0.29, 0.717) is 5.92 Å². The second-order valence-electron chi connectivity index (χ2n) is 4.04. The van der Waals surface area contributed by atoms with Crippen LogP contribution in [0, 0.1) is 0 Å². The summed E-state index contributed by atoms with van der Waals surface area (Å²) in [6, 6.07) is 6.21. The first-order chi connectivity index (χ1) is 7.31. The molecule has 1 aliphatic heterocycles. The van der Waals surface area contributed by atoms with E-state index in [2.05, 4.69) is 33.4 Å². The summed E-state index contributed by atoms with van der Waals surface area (Å²) in [5, 5.41) is 12.7. The Kier molecular flexibility index (Phi) is 3.78. The zero-order valence-corrected chi connectivity index (χ0v) is 10.3. The van der Waals surface area contributed by atoms with Crippen LogP contribution in [0.1, 0.15) is 29.9 Å². The second kappa shape index (κ2) is 5.10. The second-order valence-corrected chi connectivity index (χ2v) is 4.96. The smallest absolute Gasteiger partial charge is 0.0685 e. The van der Waals surface area contributed by atoms with Crippen LogP contribution in [0.3, 0.4) is 0 Å². The topological polar surface area (TPSA) is 32.3 Å². The maximum absolute atomic E-state index is 9.33. The van der Waals surface area contributed by atoms with Crippen molar-refractivity contribution in [1.29, 1.82) is 0 Å². The van der Waals surface area contributed by atoms with Crippen LogP contribution in [0.5, 0.6) is 0 Å². The molecule has 1 atom stereocenters. The third-order valence-corrected chi connectivity index (χ3v) is 3.51. The lowest BCUT2D eigenvalue weighted by Gasteiger charge is -2.25. The summed E-state index contributed by atoms with van der Waals surface area (Å²) >= 11 is 3.43. The number of aliphatic hydroxyl groups excluding tert-OH is 1. The van der Waals surface area contributed by atoms with Gasteiger partial charge in [-0.15, -0.1) is 0 Å². The average molecular weight is 270 g/mol. The highest BCUT2D eigenvalue weighted by Crippen LogP contribution is 2.28. The molecule has 2 rings (SSSR count). The average Bonchev–Trinajstić information content (AvgIpc) is 2.30. The van der Waals surface area contributed by atoms with Crippen LogP contribution in [0.15, 0.2) is 22.7 Å². The molecule has 0 bridgehead atoms. The Bertz CT molecular complexity index is 334. The van der Waals surface area contributed by atoms with E-state index >= 15 is 0 Å². The van der Waals surface area contributed by atoms with Gasteiger partial charge < -0.3 is 10.4 Å². The summed E-state index contributed by atoms with van der Waals surface area (Å²) < 4.78 is 1.04. The number of rotatable bonds is 2. The summed E-state index contributed by atoms with van der Waals surface area (Å²) in [5.41, 5.74) is 2.35. The third-order valence-electron chi connectivity index (χ3n) is 3.01. The highest BCUT2D eigenvalue weighted by molar-refractivity contribution is 9.10. The molecule has 1 aromatic rings. The molecule has 0 amide bonds. The fourth-order valence-electron chi connectivity index (χ4n) is 2.23. The molecule has 0 spiro atoms. The molecule has 0 aromatic heterocycles. The molecular weight excluding hydrogens is 254 g/mol. The predicted molar refractivity (Wildman–Crippen MR) is 64.9 cm³/mol. The largest absolute Gasteiger partial charge is 0.392 e. The normalized spacial score (nSPS) is 21.6. The Hall–Kier alpha value is -0.380. The van der Waals surface area contributed by atoms with Crippen molar-refractivity contribution in [2.24, 2.45) is 0 Å². The van der Waals surface area contributed by atoms with E-state index < -0.39 is 0 Å². The van der Waals surface area contributed by atoms with Gasteiger partial charge in [-0.3, -0.25) is 0 Å². The first kappa shape index (κ1) is 11.1. The van der Waals surface area contributed by atoms with Crippen LogP contribution in [0.4, 0.5) is 0 Å². The number of benzene rings is 1. The van der Waals surface area contributed by atoms with Crippen molar-refractivity contribution in [3.8, 4) is 0 Å². The van der Waals surface area contributed by atoms with Crippen molar-refractivity contribution in [2.75, 3.05) is 13.1 Å². The molecule has 82 valence electrons. The highest BCUT2D eigenvalue weighted by atomic mass is 79.9. The van der Waals surface area contributed by atoms with Gasteiger partial charge in [0.05, 0.1) is 6.61 Å². The minimum Gasteiger partial charge on any atom is -0.392 e. The Labute approximate surface area is 98.8 Å². The zero-order valence-electron chi connectivity index (χ0n) is 8.67. The lowest BCUT2D eigenvalue weighted by atomic mass is 9.88. The van der Waals surface area contributed by atoms with Crippen LogP contribution in [0.2, 0.25) is 0 Å². The highest BCUT2D eigenvalue weighted by Gasteiger charge is 2.17. The van der Waals surface area contributed by atoms with E-state index in [1.807, 2.05) is 6.07 Å². The molecule has 2 N–H and O–H groups in total. The molecule has 1 heterocycles. The van der Waals surface area contributed by atoms with E-state index in [9.17, 15) is 5.11 Å². The fraction of sp³-hybridized carbons (Fsp3) is 0.500. The van der Waals surface area contributed by atoms with Gasteiger partial charge in [-0.05, 0) is 48.6 Å². The van der Waals surface area contributed by atoms with Gasteiger partial charge in [0.25, 0.3) is 0 Å². The lowest BCUT2D eigenvalue weighted by Crippen LogP contribution is -2.28. The third kappa shape index (κ3) is 2.60. The van der Waals surface area contributed by atoms with Crippen LogP contribution in [-0.2, 0) is 6.61 Å². The Balaban J connectivity index is 2.25. The molecular formula is C12H16BrNO. The van der Waals surface area contributed by atoms with E-state index in [1.54, 1.807) is 0 Å². The molecule has 1 aliphatic rings. The van der Waals surface area contributed by atoms with Gasteiger partial charge in [0.1, 0.15) is 0 Å². The van der Waals surface area contributed by atoms with Gasteiger partial charge in [-0.25, -0.2) is 0 Å². The Morgan fingerprint density at radius 3 is 3.00 bits per heavy atom. The van der Waals surface area contributed by atoms with Crippen molar-refractivity contribution in [3.05, 3.63) is 33.8 Å².